The average molecular weight is 363 g/mol. The summed E-state index contributed by atoms with van der Waals surface area (Å²) >= 11 is 0. The van der Waals surface area contributed by atoms with E-state index in [-0.39, 0.29) is 0 Å². The Morgan fingerprint density at radius 2 is 1.67 bits per heavy atom. The molecule has 0 aliphatic carbocycles. The lowest BCUT2D eigenvalue weighted by Crippen LogP contribution is -2.30. The van der Waals surface area contributed by atoms with E-state index in [9.17, 15) is 9.59 Å². The van der Waals surface area contributed by atoms with Crippen molar-refractivity contribution in [3.05, 3.63) is 72.3 Å². The summed E-state index contributed by atoms with van der Waals surface area (Å²) in [7, 11) is 0. The number of ether oxygens (including phenoxy) is 2. The van der Waals surface area contributed by atoms with Crippen LogP contribution in [0.5, 0.6) is 5.75 Å². The number of carbonyl (C=O) groups excluding carboxylic acids is 2. The van der Waals surface area contributed by atoms with Crippen LogP contribution in [0.15, 0.2) is 66.7 Å². The van der Waals surface area contributed by atoms with Crippen LogP contribution in [0.1, 0.15) is 24.2 Å². The zero-order chi connectivity index (χ0) is 19.2. The molecule has 0 fully saturated rings. The monoisotopic (exact) mass is 363 g/mol. The highest BCUT2D eigenvalue weighted by Gasteiger charge is 2.21. The van der Waals surface area contributed by atoms with Gasteiger partial charge < -0.3 is 14.8 Å². The number of anilines is 1. The smallest absolute Gasteiger partial charge is 0.339 e. The minimum absolute atomic E-state index is 0.421. The molecule has 1 N–H and O–H groups in total. The van der Waals surface area contributed by atoms with E-state index in [0.29, 0.717) is 23.6 Å². The Hall–Kier alpha value is -3.34. The number of carbonyl (C=O) groups is 2. The lowest BCUT2D eigenvalue weighted by Gasteiger charge is -2.16. The van der Waals surface area contributed by atoms with Crippen LogP contribution in [0.2, 0.25) is 0 Å². The van der Waals surface area contributed by atoms with Gasteiger partial charge in [0.15, 0.2) is 6.10 Å². The molecule has 27 heavy (non-hydrogen) atoms. The average Bonchev–Trinajstić information content (AvgIpc) is 2.69. The Kier molecular flexibility index (Phi) is 5.71. The van der Waals surface area contributed by atoms with Crippen molar-refractivity contribution in [1.29, 1.82) is 0 Å². The third-order valence-electron chi connectivity index (χ3n) is 4.11. The Labute approximate surface area is 157 Å². The number of benzene rings is 3. The first-order chi connectivity index (χ1) is 13.1. The van der Waals surface area contributed by atoms with Gasteiger partial charge in [0.05, 0.1) is 17.9 Å². The maximum absolute atomic E-state index is 12.6. The third kappa shape index (κ3) is 4.26. The van der Waals surface area contributed by atoms with Gasteiger partial charge in [-0.15, -0.1) is 0 Å². The van der Waals surface area contributed by atoms with Crippen molar-refractivity contribution in [2.75, 3.05) is 11.9 Å². The van der Waals surface area contributed by atoms with Crippen LogP contribution >= 0.6 is 0 Å². The summed E-state index contributed by atoms with van der Waals surface area (Å²) in [5.74, 6) is -0.385. The predicted octanol–water partition coefficient (Wildman–Crippen LogP) is 4.42. The molecule has 1 atom stereocenters. The van der Waals surface area contributed by atoms with E-state index < -0.39 is 18.0 Å². The molecule has 0 spiro atoms. The van der Waals surface area contributed by atoms with Gasteiger partial charge in [-0.2, -0.15) is 0 Å². The summed E-state index contributed by atoms with van der Waals surface area (Å²) < 4.78 is 10.9. The number of esters is 1. The first-order valence-electron chi connectivity index (χ1n) is 8.81. The van der Waals surface area contributed by atoms with E-state index in [2.05, 4.69) is 5.32 Å². The van der Waals surface area contributed by atoms with E-state index >= 15 is 0 Å². The predicted molar refractivity (Wildman–Crippen MR) is 105 cm³/mol. The molecule has 3 rings (SSSR count). The van der Waals surface area contributed by atoms with Crippen LogP contribution in [-0.2, 0) is 9.53 Å². The van der Waals surface area contributed by atoms with Gasteiger partial charge >= 0.3 is 5.97 Å². The molecular weight excluding hydrogens is 342 g/mol. The zero-order valence-electron chi connectivity index (χ0n) is 15.3. The van der Waals surface area contributed by atoms with E-state index in [1.165, 1.54) is 0 Å². The summed E-state index contributed by atoms with van der Waals surface area (Å²) in [6, 6.07) is 20.1. The summed E-state index contributed by atoms with van der Waals surface area (Å²) in [5, 5.41) is 4.48. The van der Waals surface area contributed by atoms with E-state index in [1.807, 2.05) is 43.3 Å². The van der Waals surface area contributed by atoms with Crippen molar-refractivity contribution in [3.8, 4) is 5.75 Å². The van der Waals surface area contributed by atoms with Gasteiger partial charge in [0, 0.05) is 0 Å². The van der Waals surface area contributed by atoms with Crippen molar-refractivity contribution in [1.82, 2.24) is 0 Å². The summed E-state index contributed by atoms with van der Waals surface area (Å²) in [6.07, 6.45) is -0.953. The Morgan fingerprint density at radius 3 is 2.48 bits per heavy atom. The maximum Gasteiger partial charge on any atom is 0.339 e. The van der Waals surface area contributed by atoms with Gasteiger partial charge in [-0.1, -0.05) is 48.5 Å². The zero-order valence-corrected chi connectivity index (χ0v) is 15.3. The molecule has 0 saturated carbocycles. The highest BCUT2D eigenvalue weighted by atomic mass is 16.5. The number of rotatable bonds is 6. The molecule has 0 unspecified atom stereocenters. The molecule has 5 nitrogen and oxygen atoms in total. The maximum atomic E-state index is 12.6. The van der Waals surface area contributed by atoms with Gasteiger partial charge in [0.2, 0.25) is 0 Å². The van der Waals surface area contributed by atoms with Crippen LogP contribution in [-0.4, -0.2) is 24.6 Å². The SMILES string of the molecule is CCOc1ccccc1NC(=O)[C@@H](C)OC(=O)c1cccc2ccccc12. The minimum atomic E-state index is -0.953. The lowest BCUT2D eigenvalue weighted by atomic mass is 10.0. The Morgan fingerprint density at radius 1 is 0.963 bits per heavy atom. The van der Waals surface area contributed by atoms with Crippen molar-refractivity contribution >= 4 is 28.3 Å². The first kappa shape index (κ1) is 18.5. The third-order valence-corrected chi connectivity index (χ3v) is 4.11. The first-order valence-corrected chi connectivity index (χ1v) is 8.81. The topological polar surface area (TPSA) is 64.6 Å². The highest BCUT2D eigenvalue weighted by Crippen LogP contribution is 2.24. The van der Waals surface area contributed by atoms with E-state index in [4.69, 9.17) is 9.47 Å². The molecule has 0 aliphatic heterocycles. The number of hydrogen-bond donors (Lipinski definition) is 1. The molecule has 1 amide bonds. The molecule has 3 aromatic rings. The van der Waals surface area contributed by atoms with Crippen LogP contribution < -0.4 is 10.1 Å². The molecule has 138 valence electrons. The number of para-hydroxylation sites is 2. The molecule has 0 aliphatic rings. The molecule has 0 saturated heterocycles. The second kappa shape index (κ2) is 8.36. The molecular formula is C22H21NO4. The van der Waals surface area contributed by atoms with E-state index in [0.717, 1.165) is 10.8 Å². The van der Waals surface area contributed by atoms with E-state index in [1.54, 1.807) is 37.3 Å². The fourth-order valence-electron chi connectivity index (χ4n) is 2.77. The minimum Gasteiger partial charge on any atom is -0.492 e. The number of hydrogen-bond acceptors (Lipinski definition) is 4. The molecule has 3 aromatic carbocycles. The van der Waals surface area contributed by atoms with Crippen molar-refractivity contribution in [3.63, 3.8) is 0 Å². The molecule has 0 heterocycles. The fraction of sp³-hybridized carbons (Fsp3) is 0.182. The number of fused-ring (bicyclic) bond motifs is 1. The van der Waals surface area contributed by atoms with Crippen LogP contribution in [0.4, 0.5) is 5.69 Å². The van der Waals surface area contributed by atoms with Crippen LogP contribution in [0, 0.1) is 0 Å². The quantitative estimate of drug-likeness (QED) is 0.658. The standard InChI is InChI=1S/C22H21NO4/c1-3-26-20-14-7-6-13-19(20)23-21(24)15(2)27-22(25)18-12-8-10-16-9-4-5-11-17(16)18/h4-15H,3H2,1-2H3,(H,23,24)/t15-/m1/s1. The molecule has 5 heteroatoms. The second-order valence-corrected chi connectivity index (χ2v) is 5.99. The molecule has 0 radical (unpaired) electrons. The highest BCUT2D eigenvalue weighted by molar-refractivity contribution is 6.05. The Bertz CT molecular complexity index is 962. The largest absolute Gasteiger partial charge is 0.492 e. The summed E-state index contributed by atoms with van der Waals surface area (Å²) in [4.78, 5) is 25.0. The van der Waals surface area contributed by atoms with Gasteiger partial charge in [-0.25, -0.2) is 4.79 Å². The lowest BCUT2D eigenvalue weighted by molar-refractivity contribution is -0.123. The van der Waals surface area contributed by atoms with Crippen molar-refractivity contribution in [2.45, 2.75) is 20.0 Å². The fourth-order valence-corrected chi connectivity index (χ4v) is 2.77. The van der Waals surface area contributed by atoms with Gasteiger partial charge in [0.25, 0.3) is 5.91 Å². The second-order valence-electron chi connectivity index (χ2n) is 5.99. The normalized spacial score (nSPS) is 11.6. The van der Waals surface area contributed by atoms with Crippen molar-refractivity contribution < 1.29 is 19.1 Å². The van der Waals surface area contributed by atoms with Crippen LogP contribution in [0.3, 0.4) is 0 Å². The molecule has 0 aromatic heterocycles. The van der Waals surface area contributed by atoms with Gasteiger partial charge in [0.1, 0.15) is 5.75 Å². The molecule has 0 bridgehead atoms. The van der Waals surface area contributed by atoms with Crippen LogP contribution in [0.25, 0.3) is 10.8 Å². The Balaban J connectivity index is 1.72. The summed E-state index contributed by atoms with van der Waals surface area (Å²) in [5.41, 5.74) is 0.972. The van der Waals surface area contributed by atoms with Crippen molar-refractivity contribution in [2.24, 2.45) is 0 Å². The number of amides is 1. The van der Waals surface area contributed by atoms with Gasteiger partial charge in [-0.3, -0.25) is 4.79 Å². The van der Waals surface area contributed by atoms with Gasteiger partial charge in [-0.05, 0) is 42.8 Å². The number of nitrogens with one attached hydrogen (secondary N) is 1. The summed E-state index contributed by atoms with van der Waals surface area (Å²) in [6.45, 7) is 3.90.